The molecular weight excluding hydrogens is 465 g/mol. The molecule has 4 rings (SSSR count). The molecule has 0 fully saturated rings. The van der Waals surface area contributed by atoms with E-state index in [0.717, 1.165) is 21.6 Å². The van der Waals surface area contributed by atoms with Gasteiger partial charge in [-0.15, -0.1) is 11.3 Å². The van der Waals surface area contributed by atoms with E-state index < -0.39 is 5.60 Å². The quantitative estimate of drug-likeness (QED) is 0.209. The van der Waals surface area contributed by atoms with E-state index >= 15 is 0 Å². The smallest absolute Gasteiger partial charge is 0.327 e. The number of hydrogen-bond acceptors (Lipinski definition) is 6. The lowest BCUT2D eigenvalue weighted by atomic mass is 9.90. The minimum absolute atomic E-state index is 0.242. The molecule has 172 valence electrons. The molecule has 0 spiro atoms. The summed E-state index contributed by atoms with van der Waals surface area (Å²) in [5.74, 6) is -0.242. The maximum absolute atomic E-state index is 12.9. The summed E-state index contributed by atoms with van der Waals surface area (Å²) in [5.41, 5.74) is 9.96. The summed E-state index contributed by atoms with van der Waals surface area (Å²) >= 11 is 1.63. The maximum Gasteiger partial charge on any atom is 0.327 e. The largest absolute Gasteiger partial charge is 0.397 e. The van der Waals surface area contributed by atoms with Gasteiger partial charge in [-0.3, -0.25) is 14.3 Å². The average molecular weight is 490 g/mol. The van der Waals surface area contributed by atoms with Crippen molar-refractivity contribution in [2.75, 3.05) is 11.1 Å². The first-order valence-electron chi connectivity index (χ1n) is 10.7. The van der Waals surface area contributed by atoms with E-state index in [1.54, 1.807) is 41.9 Å². The zero-order valence-electron chi connectivity index (χ0n) is 18.6. The van der Waals surface area contributed by atoms with Crippen molar-refractivity contribution in [3.63, 3.8) is 0 Å². The molecule has 6 nitrogen and oxygen atoms in total. The molecule has 2 aromatic heterocycles. The van der Waals surface area contributed by atoms with Gasteiger partial charge in [0, 0.05) is 35.7 Å². The molecule has 34 heavy (non-hydrogen) atoms. The van der Waals surface area contributed by atoms with Crippen LogP contribution in [0.1, 0.15) is 28.4 Å². The average Bonchev–Trinajstić information content (AvgIpc) is 3.36. The molecule has 0 aliphatic heterocycles. The molecule has 1 atom stereocenters. The molecule has 0 radical (unpaired) electrons. The number of benzene rings is 2. The third-order valence-corrected chi connectivity index (χ3v) is 6.89. The summed E-state index contributed by atoms with van der Waals surface area (Å²) in [6, 6.07) is 20.8. The van der Waals surface area contributed by atoms with Crippen LogP contribution in [-0.2, 0) is 21.9 Å². The van der Waals surface area contributed by atoms with Crippen molar-refractivity contribution in [3.05, 3.63) is 101 Å². The molecule has 2 aromatic carbocycles. The first-order chi connectivity index (χ1) is 16.5. The van der Waals surface area contributed by atoms with Crippen LogP contribution >= 0.6 is 20.0 Å². The van der Waals surface area contributed by atoms with Crippen LogP contribution < -0.4 is 11.1 Å². The Morgan fingerprint density at radius 3 is 2.56 bits per heavy atom. The van der Waals surface area contributed by atoms with E-state index in [-0.39, 0.29) is 14.6 Å². The van der Waals surface area contributed by atoms with Gasteiger partial charge < -0.3 is 11.1 Å². The molecule has 3 N–H and O–H groups in total. The van der Waals surface area contributed by atoms with E-state index in [4.69, 9.17) is 10.3 Å². The van der Waals surface area contributed by atoms with Crippen LogP contribution in [0.15, 0.2) is 84.5 Å². The standard InChI is InChI=1S/C26H24N3O3PS/c1-26(32-33-31,16-19-4-2-12-28-17-19)15-18-6-8-20(9-7-18)25(30)29-23-14-21(10-11-22(23)27)24-5-3-13-34-24/h2-14,17H,15-16,27H2,1H3,(H,29,30). The molecule has 0 saturated heterocycles. The third kappa shape index (κ3) is 5.94. The van der Waals surface area contributed by atoms with Gasteiger partial charge in [-0.05, 0) is 65.4 Å². The van der Waals surface area contributed by atoms with Crippen molar-refractivity contribution in [1.29, 1.82) is 0 Å². The molecule has 0 saturated carbocycles. The van der Waals surface area contributed by atoms with Gasteiger partial charge in [-0.2, -0.15) is 0 Å². The van der Waals surface area contributed by atoms with Crippen LogP contribution in [-0.4, -0.2) is 16.5 Å². The van der Waals surface area contributed by atoms with E-state index in [1.165, 1.54) is 0 Å². The topological polar surface area (TPSA) is 94.3 Å². The number of hydrogen-bond donors (Lipinski definition) is 2. The Hall–Kier alpha value is -3.38. The highest BCUT2D eigenvalue weighted by molar-refractivity contribution is 7.17. The van der Waals surface area contributed by atoms with Crippen LogP contribution in [0, 0.1) is 0 Å². The molecule has 8 heteroatoms. The summed E-state index contributed by atoms with van der Waals surface area (Å²) in [6.07, 6.45) is 4.56. The second-order valence-corrected chi connectivity index (χ2v) is 9.54. The Morgan fingerprint density at radius 2 is 1.88 bits per heavy atom. The lowest BCUT2D eigenvalue weighted by molar-refractivity contribution is 0.102. The zero-order valence-corrected chi connectivity index (χ0v) is 20.3. The van der Waals surface area contributed by atoms with E-state index in [0.29, 0.717) is 29.8 Å². The molecule has 0 aliphatic carbocycles. The summed E-state index contributed by atoms with van der Waals surface area (Å²) in [7, 11) is -0.377. The second-order valence-electron chi connectivity index (χ2n) is 8.26. The number of carbonyl (C=O) groups is 1. The fourth-order valence-corrected chi connectivity index (χ4v) is 4.85. The Kier molecular flexibility index (Phi) is 7.48. The molecular formula is C26H24N3O3PS. The first kappa shape index (κ1) is 23.8. The Labute approximate surface area is 204 Å². The lowest BCUT2D eigenvalue weighted by Gasteiger charge is -2.26. The Morgan fingerprint density at radius 1 is 1.09 bits per heavy atom. The number of rotatable bonds is 9. The minimum Gasteiger partial charge on any atom is -0.397 e. The number of thiophene rings is 1. The highest BCUT2D eigenvalue weighted by Gasteiger charge is 2.27. The first-order valence-corrected chi connectivity index (χ1v) is 12.3. The van der Waals surface area contributed by atoms with Crippen molar-refractivity contribution in [3.8, 4) is 10.4 Å². The summed E-state index contributed by atoms with van der Waals surface area (Å²) in [4.78, 5) is 18.1. The molecule has 1 unspecified atom stereocenters. The van der Waals surface area contributed by atoms with Gasteiger partial charge in [0.25, 0.3) is 5.91 Å². The predicted octanol–water partition coefficient (Wildman–Crippen LogP) is 6.41. The SMILES string of the molecule is CC(Cc1ccc(C(=O)Nc2cc(-c3cccs3)ccc2N)cc1)(Cc1cccnc1)OP=O. The Bertz CT molecular complexity index is 1260. The zero-order chi connectivity index (χ0) is 24.0. The van der Waals surface area contributed by atoms with Gasteiger partial charge in [0.1, 0.15) is 0 Å². The summed E-state index contributed by atoms with van der Waals surface area (Å²) in [5, 5.41) is 4.92. The molecule has 2 heterocycles. The van der Waals surface area contributed by atoms with E-state index in [9.17, 15) is 9.36 Å². The monoisotopic (exact) mass is 489 g/mol. The van der Waals surface area contributed by atoms with Gasteiger partial charge in [0.05, 0.1) is 17.0 Å². The number of nitrogens with two attached hydrogens (primary N) is 1. The minimum atomic E-state index is -0.688. The van der Waals surface area contributed by atoms with Crippen molar-refractivity contribution in [2.45, 2.75) is 25.4 Å². The third-order valence-electron chi connectivity index (χ3n) is 5.46. The lowest BCUT2D eigenvalue weighted by Crippen LogP contribution is -2.31. The highest BCUT2D eigenvalue weighted by Crippen LogP contribution is 2.31. The fourth-order valence-electron chi connectivity index (χ4n) is 3.81. The Balaban J connectivity index is 1.46. The van der Waals surface area contributed by atoms with Crippen LogP contribution in [0.25, 0.3) is 10.4 Å². The molecule has 1 amide bonds. The van der Waals surface area contributed by atoms with Gasteiger partial charge in [0.2, 0.25) is 0 Å². The van der Waals surface area contributed by atoms with Gasteiger partial charge in [-0.25, -0.2) is 4.57 Å². The van der Waals surface area contributed by atoms with Crippen molar-refractivity contribution >= 4 is 37.3 Å². The van der Waals surface area contributed by atoms with Crippen LogP contribution in [0.2, 0.25) is 0 Å². The number of aromatic nitrogens is 1. The van der Waals surface area contributed by atoms with Crippen LogP contribution in [0.4, 0.5) is 11.4 Å². The number of nitrogen functional groups attached to an aromatic ring is 1. The highest BCUT2D eigenvalue weighted by atomic mass is 32.1. The summed E-state index contributed by atoms with van der Waals surface area (Å²) in [6.45, 7) is 1.91. The number of nitrogens with one attached hydrogen (secondary N) is 1. The van der Waals surface area contributed by atoms with E-state index in [1.807, 2.05) is 60.8 Å². The van der Waals surface area contributed by atoms with Gasteiger partial charge >= 0.3 is 8.69 Å². The maximum atomic E-state index is 12.9. The van der Waals surface area contributed by atoms with Crippen molar-refractivity contribution in [1.82, 2.24) is 4.98 Å². The van der Waals surface area contributed by atoms with Crippen LogP contribution in [0.5, 0.6) is 0 Å². The number of pyridine rings is 1. The van der Waals surface area contributed by atoms with Crippen molar-refractivity contribution < 1.29 is 13.9 Å². The van der Waals surface area contributed by atoms with Crippen molar-refractivity contribution in [2.24, 2.45) is 0 Å². The summed E-state index contributed by atoms with van der Waals surface area (Å²) < 4.78 is 16.8. The molecule has 4 aromatic rings. The normalized spacial score (nSPS) is 12.9. The fraction of sp³-hybridized carbons (Fsp3) is 0.154. The van der Waals surface area contributed by atoms with Crippen LogP contribution in [0.3, 0.4) is 0 Å². The molecule has 0 bridgehead atoms. The number of nitrogens with zero attached hydrogens (tertiary/aromatic N) is 1. The second kappa shape index (κ2) is 10.7. The number of anilines is 2. The predicted molar refractivity (Wildman–Crippen MR) is 137 cm³/mol. The van der Waals surface area contributed by atoms with Gasteiger partial charge in [0.15, 0.2) is 0 Å². The molecule has 0 aliphatic rings. The number of carbonyl (C=O) groups excluding carboxylic acids is 1. The number of amides is 1. The van der Waals surface area contributed by atoms with Gasteiger partial charge in [-0.1, -0.05) is 30.3 Å². The van der Waals surface area contributed by atoms with E-state index in [2.05, 4.69) is 10.3 Å².